The Balaban J connectivity index is 1.89. The Bertz CT molecular complexity index is 242. The van der Waals surface area contributed by atoms with Gasteiger partial charge in [0, 0.05) is 12.8 Å². The zero-order chi connectivity index (χ0) is 7.68. The lowest BCUT2D eigenvalue weighted by molar-refractivity contribution is 0.664. The Hall–Kier alpha value is -0.580. The third-order valence-electron chi connectivity index (χ3n) is 1.73. The lowest BCUT2D eigenvalue weighted by Crippen LogP contribution is -1.94. The van der Waals surface area contributed by atoms with Crippen LogP contribution in [0, 0.1) is 5.92 Å². The highest BCUT2D eigenvalue weighted by Gasteiger charge is 2.22. The standard InChI is InChI=1S/C6H10N4S/c1-10-6(7-8-9-10)11-4-5-2-3-5/h5H,2-4H2,1H3. The monoisotopic (exact) mass is 170 g/mol. The number of aromatic nitrogens is 4. The third kappa shape index (κ3) is 1.71. The fourth-order valence-electron chi connectivity index (χ4n) is 0.820. The molecule has 1 fully saturated rings. The van der Waals surface area contributed by atoms with Crippen LogP contribution >= 0.6 is 11.8 Å². The van der Waals surface area contributed by atoms with E-state index in [0.29, 0.717) is 0 Å². The van der Waals surface area contributed by atoms with Crippen molar-refractivity contribution in [2.45, 2.75) is 18.0 Å². The Morgan fingerprint density at radius 3 is 3.00 bits per heavy atom. The van der Waals surface area contributed by atoms with Gasteiger partial charge < -0.3 is 0 Å². The van der Waals surface area contributed by atoms with Gasteiger partial charge >= 0.3 is 0 Å². The van der Waals surface area contributed by atoms with Gasteiger partial charge in [0.2, 0.25) is 5.16 Å². The molecule has 0 spiro atoms. The second-order valence-electron chi connectivity index (χ2n) is 2.84. The fraction of sp³-hybridized carbons (Fsp3) is 0.833. The molecule has 60 valence electrons. The zero-order valence-electron chi connectivity index (χ0n) is 6.40. The second-order valence-corrected chi connectivity index (χ2v) is 3.83. The molecule has 0 saturated heterocycles. The molecule has 0 aromatic carbocycles. The second kappa shape index (κ2) is 2.81. The summed E-state index contributed by atoms with van der Waals surface area (Å²) in [5.74, 6) is 2.10. The van der Waals surface area contributed by atoms with E-state index < -0.39 is 0 Å². The van der Waals surface area contributed by atoms with Gasteiger partial charge in [-0.1, -0.05) is 11.8 Å². The molecule has 0 unspecified atom stereocenters. The highest BCUT2D eigenvalue weighted by Crippen LogP contribution is 2.33. The maximum Gasteiger partial charge on any atom is 0.209 e. The lowest BCUT2D eigenvalue weighted by atomic mass is 10.5. The van der Waals surface area contributed by atoms with E-state index in [4.69, 9.17) is 0 Å². The molecule has 0 radical (unpaired) electrons. The predicted octanol–water partition coefficient (Wildman–Crippen LogP) is 0.712. The Morgan fingerprint density at radius 1 is 1.64 bits per heavy atom. The van der Waals surface area contributed by atoms with Crippen molar-refractivity contribution >= 4 is 11.8 Å². The van der Waals surface area contributed by atoms with E-state index in [9.17, 15) is 0 Å². The average Bonchev–Trinajstić information content (AvgIpc) is 2.73. The van der Waals surface area contributed by atoms with Crippen LogP contribution in [0.4, 0.5) is 0 Å². The summed E-state index contributed by atoms with van der Waals surface area (Å²) in [5.41, 5.74) is 0. The predicted molar refractivity (Wildman–Crippen MR) is 42.2 cm³/mol. The molecule has 0 aliphatic heterocycles. The molecule has 2 rings (SSSR count). The van der Waals surface area contributed by atoms with E-state index in [1.165, 1.54) is 18.6 Å². The van der Waals surface area contributed by atoms with E-state index in [1.807, 2.05) is 7.05 Å². The summed E-state index contributed by atoms with van der Waals surface area (Å²) in [6.45, 7) is 0. The molecular weight excluding hydrogens is 160 g/mol. The van der Waals surface area contributed by atoms with Crippen molar-refractivity contribution in [3.63, 3.8) is 0 Å². The number of nitrogens with zero attached hydrogens (tertiary/aromatic N) is 4. The number of thioether (sulfide) groups is 1. The van der Waals surface area contributed by atoms with E-state index in [1.54, 1.807) is 16.4 Å². The van der Waals surface area contributed by atoms with Crippen LogP contribution < -0.4 is 0 Å². The van der Waals surface area contributed by atoms with Crippen LogP contribution in [0.25, 0.3) is 0 Å². The molecule has 1 aromatic rings. The van der Waals surface area contributed by atoms with Gasteiger partial charge in [-0.25, -0.2) is 4.68 Å². The Kier molecular flexibility index (Phi) is 1.81. The quantitative estimate of drug-likeness (QED) is 0.627. The maximum absolute atomic E-state index is 3.88. The summed E-state index contributed by atoms with van der Waals surface area (Å²) in [6.07, 6.45) is 2.77. The van der Waals surface area contributed by atoms with Gasteiger partial charge in [0.25, 0.3) is 0 Å². The van der Waals surface area contributed by atoms with Gasteiger partial charge in [0.05, 0.1) is 0 Å². The number of hydrogen-bond donors (Lipinski definition) is 0. The van der Waals surface area contributed by atoms with Crippen LogP contribution in [0.2, 0.25) is 0 Å². The first-order chi connectivity index (χ1) is 5.36. The van der Waals surface area contributed by atoms with E-state index in [0.717, 1.165) is 11.1 Å². The number of rotatable bonds is 3. The van der Waals surface area contributed by atoms with Gasteiger partial charge in [0.15, 0.2) is 0 Å². The summed E-state index contributed by atoms with van der Waals surface area (Å²) in [7, 11) is 1.87. The largest absolute Gasteiger partial charge is 0.224 e. The van der Waals surface area contributed by atoms with E-state index in [2.05, 4.69) is 15.5 Å². The van der Waals surface area contributed by atoms with Gasteiger partial charge in [-0.2, -0.15) is 0 Å². The van der Waals surface area contributed by atoms with Gasteiger partial charge in [-0.15, -0.1) is 5.10 Å². The molecule has 1 saturated carbocycles. The van der Waals surface area contributed by atoms with Crippen LogP contribution in [-0.4, -0.2) is 26.0 Å². The normalized spacial score (nSPS) is 17.2. The van der Waals surface area contributed by atoms with Gasteiger partial charge in [-0.05, 0) is 29.2 Å². The topological polar surface area (TPSA) is 43.6 Å². The minimum absolute atomic E-state index is 0.927. The summed E-state index contributed by atoms with van der Waals surface area (Å²) < 4.78 is 1.72. The van der Waals surface area contributed by atoms with Crippen LogP contribution in [-0.2, 0) is 7.05 Å². The molecule has 0 atom stereocenters. The van der Waals surface area contributed by atoms with Crippen LogP contribution in [0.3, 0.4) is 0 Å². The maximum atomic E-state index is 3.88. The zero-order valence-corrected chi connectivity index (χ0v) is 7.21. The van der Waals surface area contributed by atoms with E-state index in [-0.39, 0.29) is 0 Å². The minimum Gasteiger partial charge on any atom is -0.224 e. The molecule has 5 heteroatoms. The first kappa shape index (κ1) is 7.09. The fourth-order valence-corrected chi connectivity index (χ4v) is 1.86. The molecule has 1 aromatic heterocycles. The molecule has 1 aliphatic rings. The van der Waals surface area contributed by atoms with Crippen molar-refractivity contribution in [3.8, 4) is 0 Å². The summed E-state index contributed by atoms with van der Waals surface area (Å²) in [6, 6.07) is 0. The SMILES string of the molecule is Cn1nnnc1SCC1CC1. The molecule has 1 heterocycles. The molecule has 0 bridgehead atoms. The highest BCUT2D eigenvalue weighted by atomic mass is 32.2. The average molecular weight is 170 g/mol. The summed E-state index contributed by atoms with van der Waals surface area (Å²) in [5, 5.41) is 12.1. The Labute approximate surface area is 69.4 Å². The van der Waals surface area contributed by atoms with Gasteiger partial charge in [0.1, 0.15) is 0 Å². The molecule has 0 N–H and O–H groups in total. The van der Waals surface area contributed by atoms with Crippen molar-refractivity contribution in [2.75, 3.05) is 5.75 Å². The first-order valence-corrected chi connectivity index (χ1v) is 4.70. The van der Waals surface area contributed by atoms with Crippen molar-refractivity contribution in [2.24, 2.45) is 13.0 Å². The van der Waals surface area contributed by atoms with Crippen LogP contribution in [0.1, 0.15) is 12.8 Å². The van der Waals surface area contributed by atoms with Crippen molar-refractivity contribution in [1.29, 1.82) is 0 Å². The smallest absolute Gasteiger partial charge is 0.209 e. The van der Waals surface area contributed by atoms with E-state index >= 15 is 0 Å². The number of aryl methyl sites for hydroxylation is 1. The lowest BCUT2D eigenvalue weighted by Gasteiger charge is -1.94. The molecule has 0 amide bonds. The number of hydrogen-bond acceptors (Lipinski definition) is 4. The van der Waals surface area contributed by atoms with Crippen molar-refractivity contribution < 1.29 is 0 Å². The van der Waals surface area contributed by atoms with Crippen molar-refractivity contribution in [3.05, 3.63) is 0 Å². The van der Waals surface area contributed by atoms with Crippen LogP contribution in [0.5, 0.6) is 0 Å². The molecule has 1 aliphatic carbocycles. The molecule has 4 nitrogen and oxygen atoms in total. The molecule has 11 heavy (non-hydrogen) atoms. The number of tetrazole rings is 1. The first-order valence-electron chi connectivity index (χ1n) is 3.71. The summed E-state index contributed by atoms with van der Waals surface area (Å²) >= 11 is 1.75. The summed E-state index contributed by atoms with van der Waals surface area (Å²) in [4.78, 5) is 0. The van der Waals surface area contributed by atoms with Gasteiger partial charge in [-0.3, -0.25) is 0 Å². The Morgan fingerprint density at radius 2 is 2.45 bits per heavy atom. The van der Waals surface area contributed by atoms with Crippen LogP contribution in [0.15, 0.2) is 5.16 Å². The third-order valence-corrected chi connectivity index (χ3v) is 2.97. The minimum atomic E-state index is 0.927. The molecular formula is C6H10N4S. The van der Waals surface area contributed by atoms with Crippen molar-refractivity contribution in [1.82, 2.24) is 20.2 Å². The highest BCUT2D eigenvalue weighted by molar-refractivity contribution is 7.99.